The molecule has 0 radical (unpaired) electrons. The Balaban J connectivity index is 2.26. The van der Waals surface area contributed by atoms with Gasteiger partial charge < -0.3 is 0 Å². The standard InChI is InChI=1S/C11H21N3/c1-3-5-6-7-8-11(4-2)14-10-9-12-13-14/h9-11H,3-8H2,1-2H3. The summed E-state index contributed by atoms with van der Waals surface area (Å²) in [5, 5.41) is 7.90. The fourth-order valence-corrected chi connectivity index (χ4v) is 1.74. The van der Waals surface area contributed by atoms with Crippen LogP contribution in [0.4, 0.5) is 0 Å². The predicted molar refractivity (Wildman–Crippen MR) is 58.1 cm³/mol. The van der Waals surface area contributed by atoms with E-state index in [9.17, 15) is 0 Å². The first kappa shape index (κ1) is 11.2. The Labute approximate surface area is 86.5 Å². The molecule has 1 heterocycles. The van der Waals surface area contributed by atoms with E-state index in [0.717, 1.165) is 6.42 Å². The molecular formula is C11H21N3. The van der Waals surface area contributed by atoms with Crippen LogP contribution in [0, 0.1) is 0 Å². The van der Waals surface area contributed by atoms with Crippen molar-refractivity contribution in [3.05, 3.63) is 12.4 Å². The van der Waals surface area contributed by atoms with E-state index in [1.54, 1.807) is 6.20 Å². The summed E-state index contributed by atoms with van der Waals surface area (Å²) in [6.07, 6.45) is 11.4. The van der Waals surface area contributed by atoms with E-state index in [2.05, 4.69) is 24.2 Å². The Morgan fingerprint density at radius 1 is 1.21 bits per heavy atom. The maximum atomic E-state index is 4.05. The zero-order valence-corrected chi connectivity index (χ0v) is 9.32. The Kier molecular flexibility index (Phi) is 5.27. The molecule has 80 valence electrons. The predicted octanol–water partition coefficient (Wildman–Crippen LogP) is 3.20. The van der Waals surface area contributed by atoms with Crippen LogP contribution in [0.15, 0.2) is 12.4 Å². The first-order chi connectivity index (χ1) is 6.88. The third-order valence-electron chi connectivity index (χ3n) is 2.68. The Bertz CT molecular complexity index is 218. The van der Waals surface area contributed by atoms with Crippen molar-refractivity contribution < 1.29 is 0 Å². The highest BCUT2D eigenvalue weighted by Crippen LogP contribution is 2.18. The lowest BCUT2D eigenvalue weighted by atomic mass is 10.1. The Morgan fingerprint density at radius 2 is 2.07 bits per heavy atom. The summed E-state index contributed by atoms with van der Waals surface area (Å²) >= 11 is 0. The molecule has 0 aliphatic heterocycles. The molecule has 0 spiro atoms. The fraction of sp³-hybridized carbons (Fsp3) is 0.818. The molecule has 0 N–H and O–H groups in total. The lowest BCUT2D eigenvalue weighted by molar-refractivity contribution is 0.387. The van der Waals surface area contributed by atoms with Crippen LogP contribution in [-0.2, 0) is 0 Å². The summed E-state index contributed by atoms with van der Waals surface area (Å²) in [5.74, 6) is 0. The van der Waals surface area contributed by atoms with Crippen LogP contribution in [-0.4, -0.2) is 15.0 Å². The van der Waals surface area contributed by atoms with Crippen LogP contribution in [0.5, 0.6) is 0 Å². The summed E-state index contributed by atoms with van der Waals surface area (Å²) in [5.41, 5.74) is 0. The van der Waals surface area contributed by atoms with E-state index in [-0.39, 0.29) is 0 Å². The summed E-state index contributed by atoms with van der Waals surface area (Å²) in [6.45, 7) is 4.46. The van der Waals surface area contributed by atoms with Crippen molar-refractivity contribution in [2.24, 2.45) is 0 Å². The van der Waals surface area contributed by atoms with Crippen LogP contribution in [0.3, 0.4) is 0 Å². The number of rotatable bonds is 7. The van der Waals surface area contributed by atoms with Crippen LogP contribution >= 0.6 is 0 Å². The molecular weight excluding hydrogens is 174 g/mol. The average Bonchev–Trinajstić information content (AvgIpc) is 2.71. The van der Waals surface area contributed by atoms with Gasteiger partial charge in [0.25, 0.3) is 0 Å². The molecule has 0 bridgehead atoms. The molecule has 0 aromatic carbocycles. The zero-order valence-electron chi connectivity index (χ0n) is 9.32. The third kappa shape index (κ3) is 3.48. The molecule has 0 saturated carbocycles. The number of hydrogen-bond donors (Lipinski definition) is 0. The van der Waals surface area contributed by atoms with Crippen LogP contribution in [0.25, 0.3) is 0 Å². The second kappa shape index (κ2) is 6.57. The normalized spacial score (nSPS) is 13.0. The first-order valence-corrected chi connectivity index (χ1v) is 5.74. The number of unbranched alkanes of at least 4 members (excludes halogenated alkanes) is 3. The zero-order chi connectivity index (χ0) is 10.2. The van der Waals surface area contributed by atoms with Gasteiger partial charge in [0.05, 0.1) is 12.2 Å². The van der Waals surface area contributed by atoms with Crippen molar-refractivity contribution in [3.63, 3.8) is 0 Å². The smallest absolute Gasteiger partial charge is 0.0693 e. The minimum Gasteiger partial charge on any atom is -0.250 e. The maximum absolute atomic E-state index is 4.05. The largest absolute Gasteiger partial charge is 0.250 e. The van der Waals surface area contributed by atoms with Crippen molar-refractivity contribution in [2.75, 3.05) is 0 Å². The molecule has 0 fully saturated rings. The van der Waals surface area contributed by atoms with E-state index in [4.69, 9.17) is 0 Å². The summed E-state index contributed by atoms with van der Waals surface area (Å²) < 4.78 is 1.99. The van der Waals surface area contributed by atoms with Crippen molar-refractivity contribution in [1.29, 1.82) is 0 Å². The molecule has 0 aliphatic carbocycles. The second-order valence-electron chi connectivity index (χ2n) is 3.79. The molecule has 1 atom stereocenters. The monoisotopic (exact) mass is 195 g/mol. The number of aromatic nitrogens is 3. The summed E-state index contributed by atoms with van der Waals surface area (Å²) in [6, 6.07) is 0.550. The molecule has 3 nitrogen and oxygen atoms in total. The van der Waals surface area contributed by atoms with Crippen LogP contribution < -0.4 is 0 Å². The molecule has 0 saturated heterocycles. The first-order valence-electron chi connectivity index (χ1n) is 5.74. The third-order valence-corrected chi connectivity index (χ3v) is 2.68. The second-order valence-corrected chi connectivity index (χ2v) is 3.79. The van der Waals surface area contributed by atoms with Gasteiger partial charge in [0, 0.05) is 6.20 Å². The van der Waals surface area contributed by atoms with Gasteiger partial charge in [-0.3, -0.25) is 0 Å². The highest BCUT2D eigenvalue weighted by molar-refractivity contribution is 4.71. The quantitative estimate of drug-likeness (QED) is 0.625. The minimum atomic E-state index is 0.550. The lowest BCUT2D eigenvalue weighted by Gasteiger charge is -2.14. The SMILES string of the molecule is CCCCCCC(CC)n1ccnn1. The summed E-state index contributed by atoms with van der Waals surface area (Å²) in [4.78, 5) is 0. The molecule has 1 aromatic rings. The fourth-order valence-electron chi connectivity index (χ4n) is 1.74. The van der Waals surface area contributed by atoms with Gasteiger partial charge in [0.15, 0.2) is 0 Å². The van der Waals surface area contributed by atoms with Gasteiger partial charge in [-0.15, -0.1) is 5.10 Å². The number of hydrogen-bond acceptors (Lipinski definition) is 2. The Hall–Kier alpha value is -0.860. The molecule has 14 heavy (non-hydrogen) atoms. The Morgan fingerprint density at radius 3 is 2.64 bits per heavy atom. The highest BCUT2D eigenvalue weighted by Gasteiger charge is 2.07. The van der Waals surface area contributed by atoms with Crippen molar-refractivity contribution >= 4 is 0 Å². The molecule has 3 heteroatoms. The molecule has 0 aliphatic rings. The van der Waals surface area contributed by atoms with Gasteiger partial charge in [0.1, 0.15) is 0 Å². The summed E-state index contributed by atoms with van der Waals surface area (Å²) in [7, 11) is 0. The van der Waals surface area contributed by atoms with Crippen LogP contribution in [0.2, 0.25) is 0 Å². The van der Waals surface area contributed by atoms with Crippen LogP contribution in [0.1, 0.15) is 58.4 Å². The number of nitrogens with zero attached hydrogens (tertiary/aromatic N) is 3. The molecule has 1 aromatic heterocycles. The van der Waals surface area contributed by atoms with E-state index in [1.807, 2.05) is 10.9 Å². The molecule has 1 unspecified atom stereocenters. The average molecular weight is 195 g/mol. The van der Waals surface area contributed by atoms with Crippen molar-refractivity contribution in [1.82, 2.24) is 15.0 Å². The van der Waals surface area contributed by atoms with Gasteiger partial charge in [-0.25, -0.2) is 4.68 Å². The maximum Gasteiger partial charge on any atom is 0.0693 e. The van der Waals surface area contributed by atoms with Gasteiger partial charge in [-0.2, -0.15) is 0 Å². The van der Waals surface area contributed by atoms with Crippen molar-refractivity contribution in [2.45, 2.75) is 58.4 Å². The highest BCUT2D eigenvalue weighted by atomic mass is 15.4. The molecule has 1 rings (SSSR count). The van der Waals surface area contributed by atoms with E-state index < -0.39 is 0 Å². The van der Waals surface area contributed by atoms with Gasteiger partial charge >= 0.3 is 0 Å². The van der Waals surface area contributed by atoms with E-state index in [1.165, 1.54) is 32.1 Å². The van der Waals surface area contributed by atoms with E-state index >= 15 is 0 Å². The van der Waals surface area contributed by atoms with Crippen molar-refractivity contribution in [3.8, 4) is 0 Å². The topological polar surface area (TPSA) is 30.7 Å². The minimum absolute atomic E-state index is 0.550. The lowest BCUT2D eigenvalue weighted by Crippen LogP contribution is -2.08. The van der Waals surface area contributed by atoms with Gasteiger partial charge in [0.2, 0.25) is 0 Å². The van der Waals surface area contributed by atoms with Gasteiger partial charge in [-0.1, -0.05) is 44.7 Å². The molecule has 0 amide bonds. The van der Waals surface area contributed by atoms with Gasteiger partial charge in [-0.05, 0) is 12.8 Å². The van der Waals surface area contributed by atoms with E-state index in [0.29, 0.717) is 6.04 Å².